The van der Waals surface area contributed by atoms with Crippen molar-refractivity contribution in [1.29, 1.82) is 0 Å². The topological polar surface area (TPSA) is 69.3 Å². The van der Waals surface area contributed by atoms with Crippen molar-refractivity contribution >= 4 is 23.0 Å². The first-order valence-electron chi connectivity index (χ1n) is 13.4. The van der Waals surface area contributed by atoms with Crippen molar-refractivity contribution in [1.82, 2.24) is 0 Å². The average molecular weight is 549 g/mol. The molecule has 0 fully saturated rings. The maximum atomic E-state index is 12.8. The summed E-state index contributed by atoms with van der Waals surface area (Å²) in [5, 5.41) is 3.68. The Hall–Kier alpha value is -4.91. The number of rotatable bonds is 7. The highest BCUT2D eigenvalue weighted by Gasteiger charge is 2.37. The summed E-state index contributed by atoms with van der Waals surface area (Å²) in [6, 6.07) is 24.7. The Balaban J connectivity index is 1.38. The molecule has 6 rings (SSSR count). The summed E-state index contributed by atoms with van der Waals surface area (Å²) < 4.78 is 22.4. The van der Waals surface area contributed by atoms with Crippen molar-refractivity contribution in [2.24, 2.45) is 0 Å². The molecule has 0 radical (unpaired) electrons. The van der Waals surface area contributed by atoms with Crippen LogP contribution < -0.4 is 29.2 Å². The molecular formula is C34H32N2O5. The number of hydrogen-bond acceptors (Lipinski definition) is 7. The van der Waals surface area contributed by atoms with Crippen LogP contribution in [0.25, 0.3) is 16.8 Å². The van der Waals surface area contributed by atoms with Gasteiger partial charge in [-0.2, -0.15) is 0 Å². The van der Waals surface area contributed by atoms with Crippen LogP contribution in [0.15, 0.2) is 84.9 Å². The molecule has 0 saturated heterocycles. The molecule has 4 aromatic carbocycles. The van der Waals surface area contributed by atoms with Gasteiger partial charge in [0.25, 0.3) is 0 Å². The molecule has 0 aliphatic carbocycles. The first-order chi connectivity index (χ1) is 19.8. The Morgan fingerprint density at radius 2 is 1.51 bits per heavy atom. The van der Waals surface area contributed by atoms with Gasteiger partial charge in [0.05, 0.1) is 38.1 Å². The Bertz CT molecular complexity index is 1670. The van der Waals surface area contributed by atoms with Crippen LogP contribution in [0.3, 0.4) is 0 Å². The largest absolute Gasteiger partial charge is 0.497 e. The first kappa shape index (κ1) is 26.3. The average Bonchev–Trinajstić information content (AvgIpc) is 3.36. The number of hydrogen-bond donors (Lipinski definition) is 1. The molecule has 4 aromatic rings. The fourth-order valence-electron chi connectivity index (χ4n) is 5.63. The van der Waals surface area contributed by atoms with Gasteiger partial charge < -0.3 is 29.2 Å². The number of nitrogens with zero attached hydrogens (tertiary/aromatic N) is 1. The third kappa shape index (κ3) is 4.73. The lowest BCUT2D eigenvalue weighted by molar-refractivity contribution is 0.0734. The number of esters is 1. The van der Waals surface area contributed by atoms with Crippen molar-refractivity contribution in [3.05, 3.63) is 102 Å². The number of carbonyl (C=O) groups excluding carboxylic acids is 1. The van der Waals surface area contributed by atoms with Crippen molar-refractivity contribution in [3.8, 4) is 34.1 Å². The zero-order valence-corrected chi connectivity index (χ0v) is 23.8. The van der Waals surface area contributed by atoms with E-state index < -0.39 is 5.97 Å². The van der Waals surface area contributed by atoms with Gasteiger partial charge in [0, 0.05) is 35.1 Å². The van der Waals surface area contributed by atoms with Gasteiger partial charge >= 0.3 is 5.97 Å². The highest BCUT2D eigenvalue weighted by Crippen LogP contribution is 2.51. The molecule has 0 amide bonds. The molecule has 0 atom stereocenters. The summed E-state index contributed by atoms with van der Waals surface area (Å²) >= 11 is 0. The second-order valence-electron chi connectivity index (χ2n) is 10.6. The first-order valence-corrected chi connectivity index (χ1v) is 13.4. The van der Waals surface area contributed by atoms with Gasteiger partial charge in [-0.3, -0.25) is 0 Å². The lowest BCUT2D eigenvalue weighted by atomic mass is 9.89. The summed E-state index contributed by atoms with van der Waals surface area (Å²) in [6.07, 6.45) is 2.28. The molecule has 208 valence electrons. The smallest absolute Gasteiger partial charge is 0.343 e. The predicted molar refractivity (Wildman–Crippen MR) is 161 cm³/mol. The van der Waals surface area contributed by atoms with Crippen LogP contribution in [0.5, 0.6) is 23.0 Å². The van der Waals surface area contributed by atoms with Crippen molar-refractivity contribution in [2.45, 2.75) is 25.9 Å². The Kier molecular flexibility index (Phi) is 6.58. The van der Waals surface area contributed by atoms with Gasteiger partial charge in [0.2, 0.25) is 0 Å². The van der Waals surface area contributed by atoms with Gasteiger partial charge in [-0.05, 0) is 85.6 Å². The normalized spacial score (nSPS) is 14.5. The van der Waals surface area contributed by atoms with Crippen LogP contribution in [-0.2, 0) is 6.54 Å². The van der Waals surface area contributed by atoms with Gasteiger partial charge in [0.15, 0.2) is 0 Å². The Morgan fingerprint density at radius 3 is 2.24 bits per heavy atom. The maximum Gasteiger partial charge on any atom is 0.343 e. The van der Waals surface area contributed by atoms with Crippen molar-refractivity contribution < 1.29 is 23.7 Å². The van der Waals surface area contributed by atoms with E-state index in [0.29, 0.717) is 29.4 Å². The Labute approximate surface area is 239 Å². The summed E-state index contributed by atoms with van der Waals surface area (Å²) in [4.78, 5) is 15.1. The standard InChI is InChI=1S/C34H32N2O5/c1-34(2)19-29-32-26(20-36(29)28-8-6-7-9-30(28)39-4)24(16-17-27(32)35-34)25-15-14-23(18-31(25)40-5)41-33(37)21-10-12-22(38-3)13-11-21/h6-19,35H,20H2,1-5H3. The molecule has 0 unspecified atom stereocenters. The van der Waals surface area contributed by atoms with E-state index in [1.165, 1.54) is 11.1 Å². The fourth-order valence-corrected chi connectivity index (χ4v) is 5.63. The molecule has 0 aromatic heterocycles. The van der Waals surface area contributed by atoms with E-state index in [1.54, 1.807) is 57.7 Å². The highest BCUT2D eigenvalue weighted by atomic mass is 16.5. The molecule has 2 aliphatic heterocycles. The van der Waals surface area contributed by atoms with Gasteiger partial charge in [0.1, 0.15) is 23.0 Å². The van der Waals surface area contributed by atoms with E-state index in [-0.39, 0.29) is 5.54 Å². The molecule has 2 aliphatic rings. The van der Waals surface area contributed by atoms with Crippen LogP contribution in [-0.4, -0.2) is 32.8 Å². The van der Waals surface area contributed by atoms with Gasteiger partial charge in [-0.1, -0.05) is 18.2 Å². The number of para-hydroxylation sites is 2. The number of nitrogens with one attached hydrogen (secondary N) is 1. The summed E-state index contributed by atoms with van der Waals surface area (Å²) in [5.74, 6) is 2.06. The lowest BCUT2D eigenvalue weighted by Gasteiger charge is -2.33. The van der Waals surface area contributed by atoms with Crippen LogP contribution in [0.4, 0.5) is 11.4 Å². The quantitative estimate of drug-likeness (QED) is 0.194. The SMILES string of the molecule is COc1ccc(C(=O)Oc2ccc(-c3ccc4c5c3CN(c3ccccc3OC)C5=CC(C)(C)N4)c(OC)c2)cc1. The molecular weight excluding hydrogens is 516 g/mol. The predicted octanol–water partition coefficient (Wildman–Crippen LogP) is 7.16. The number of methoxy groups -OCH3 is 3. The minimum Gasteiger partial charge on any atom is -0.497 e. The van der Waals surface area contributed by atoms with Crippen LogP contribution in [0.2, 0.25) is 0 Å². The van der Waals surface area contributed by atoms with E-state index in [2.05, 4.69) is 48.3 Å². The molecule has 1 N–H and O–H groups in total. The number of anilines is 2. The molecule has 41 heavy (non-hydrogen) atoms. The van der Waals surface area contributed by atoms with E-state index >= 15 is 0 Å². The van der Waals surface area contributed by atoms with E-state index in [0.717, 1.165) is 33.9 Å². The molecule has 7 heteroatoms. The van der Waals surface area contributed by atoms with Gasteiger partial charge in [-0.25, -0.2) is 4.79 Å². The molecule has 7 nitrogen and oxygen atoms in total. The monoisotopic (exact) mass is 548 g/mol. The Morgan fingerprint density at radius 1 is 0.805 bits per heavy atom. The van der Waals surface area contributed by atoms with Gasteiger partial charge in [-0.15, -0.1) is 0 Å². The summed E-state index contributed by atoms with van der Waals surface area (Å²) in [5.41, 5.74) is 7.79. The van der Waals surface area contributed by atoms with Crippen molar-refractivity contribution in [2.75, 3.05) is 31.5 Å². The minimum absolute atomic E-state index is 0.223. The minimum atomic E-state index is -0.453. The number of benzene rings is 4. The summed E-state index contributed by atoms with van der Waals surface area (Å²) in [7, 11) is 4.91. The molecule has 0 spiro atoms. The second-order valence-corrected chi connectivity index (χ2v) is 10.6. The second kappa shape index (κ2) is 10.2. The third-order valence-electron chi connectivity index (χ3n) is 7.51. The molecule has 2 heterocycles. The lowest BCUT2D eigenvalue weighted by Crippen LogP contribution is -2.33. The van der Waals surface area contributed by atoms with Crippen LogP contribution in [0, 0.1) is 0 Å². The van der Waals surface area contributed by atoms with Crippen molar-refractivity contribution in [3.63, 3.8) is 0 Å². The van der Waals surface area contributed by atoms with Crippen LogP contribution in [0.1, 0.15) is 35.3 Å². The van der Waals surface area contributed by atoms with E-state index in [1.807, 2.05) is 24.3 Å². The van der Waals surface area contributed by atoms with Crippen LogP contribution >= 0.6 is 0 Å². The highest BCUT2D eigenvalue weighted by molar-refractivity contribution is 5.98. The number of ether oxygens (including phenoxy) is 4. The van der Waals surface area contributed by atoms with E-state index in [9.17, 15) is 4.79 Å². The zero-order chi connectivity index (χ0) is 28.7. The maximum absolute atomic E-state index is 12.8. The molecule has 0 saturated carbocycles. The fraction of sp³-hybridized carbons (Fsp3) is 0.206. The third-order valence-corrected chi connectivity index (χ3v) is 7.51. The number of carbonyl (C=O) groups is 1. The summed E-state index contributed by atoms with van der Waals surface area (Å²) in [6.45, 7) is 5.01. The molecule has 0 bridgehead atoms. The zero-order valence-electron chi connectivity index (χ0n) is 23.8. The van der Waals surface area contributed by atoms with E-state index in [4.69, 9.17) is 18.9 Å².